The quantitative estimate of drug-likeness (QED) is 0.650. The number of β-amino-alcohol motifs (C(OH)–C–C–N with tert-alkyl or cyclic N) is 1. The molecule has 1 aromatic rings. The summed E-state index contributed by atoms with van der Waals surface area (Å²) in [5.41, 5.74) is -0.606. The van der Waals surface area contributed by atoms with Crippen LogP contribution in [0.3, 0.4) is 0 Å². The van der Waals surface area contributed by atoms with Crippen LogP contribution >= 0.6 is 0 Å². The van der Waals surface area contributed by atoms with E-state index in [9.17, 15) is 28.8 Å². The number of carbonyl (C=O) groups excluding carboxylic acids is 1. The summed E-state index contributed by atoms with van der Waals surface area (Å²) in [6, 6.07) is 2.28. The number of alkyl halides is 2. The fourth-order valence-electron chi connectivity index (χ4n) is 2.26. The van der Waals surface area contributed by atoms with Crippen molar-refractivity contribution in [1.29, 1.82) is 0 Å². The zero-order valence-electron chi connectivity index (χ0n) is 11.9. The number of hydrogen-bond acceptors (Lipinski definition) is 5. The molecule has 1 aromatic carbocycles. The van der Waals surface area contributed by atoms with Gasteiger partial charge in [-0.2, -0.15) is 8.78 Å². The minimum atomic E-state index is -3.14. The highest BCUT2D eigenvalue weighted by Crippen LogP contribution is 2.30. The number of amides is 2. The van der Waals surface area contributed by atoms with Crippen molar-refractivity contribution in [1.82, 2.24) is 4.90 Å². The van der Waals surface area contributed by atoms with Gasteiger partial charge in [-0.15, -0.1) is 0 Å². The number of nitro benzene ring substituents is 1. The molecule has 0 spiro atoms. The first-order valence-corrected chi connectivity index (χ1v) is 6.84. The SMILES string of the molecule is O=C(Nc1cc([N+](=O)[O-])ccc1OC(F)F)N1CCCC(O)C1. The molecule has 2 amide bonds. The normalized spacial score (nSPS) is 17.9. The fourth-order valence-corrected chi connectivity index (χ4v) is 2.26. The Labute approximate surface area is 129 Å². The first-order chi connectivity index (χ1) is 10.9. The lowest BCUT2D eigenvalue weighted by atomic mass is 10.1. The number of anilines is 1. The molecule has 8 nitrogen and oxygen atoms in total. The van der Waals surface area contributed by atoms with E-state index in [1.54, 1.807) is 0 Å². The molecule has 1 fully saturated rings. The van der Waals surface area contributed by atoms with Gasteiger partial charge in [0.1, 0.15) is 5.75 Å². The van der Waals surface area contributed by atoms with E-state index in [0.717, 1.165) is 18.2 Å². The standard InChI is InChI=1S/C13H15F2N3O5/c14-12(15)23-11-4-3-8(18(21)22)6-10(11)16-13(20)17-5-1-2-9(19)7-17/h3-4,6,9,12,19H,1-2,5,7H2,(H,16,20). The predicted molar refractivity (Wildman–Crippen MR) is 75.6 cm³/mol. The summed E-state index contributed by atoms with van der Waals surface area (Å²) < 4.78 is 29.0. The first kappa shape index (κ1) is 16.9. The van der Waals surface area contributed by atoms with E-state index in [1.165, 1.54) is 4.90 Å². The molecule has 10 heteroatoms. The number of non-ortho nitro benzene ring substituents is 1. The van der Waals surface area contributed by atoms with E-state index in [0.29, 0.717) is 19.4 Å². The van der Waals surface area contributed by atoms with Gasteiger partial charge in [-0.1, -0.05) is 0 Å². The molecule has 1 unspecified atom stereocenters. The van der Waals surface area contributed by atoms with E-state index in [1.807, 2.05) is 0 Å². The second-order valence-corrected chi connectivity index (χ2v) is 4.99. The molecule has 1 saturated heterocycles. The lowest BCUT2D eigenvalue weighted by Gasteiger charge is -2.30. The molecule has 1 aliphatic heterocycles. The lowest BCUT2D eigenvalue weighted by molar-refractivity contribution is -0.384. The molecule has 126 valence electrons. The number of carbonyl (C=O) groups is 1. The van der Waals surface area contributed by atoms with E-state index in [-0.39, 0.29) is 23.7 Å². The minimum absolute atomic E-state index is 0.103. The Kier molecular flexibility index (Phi) is 5.27. The molecule has 0 radical (unpaired) electrons. The molecule has 1 aliphatic rings. The molecular weight excluding hydrogens is 316 g/mol. The van der Waals surface area contributed by atoms with Crippen molar-refractivity contribution in [2.75, 3.05) is 18.4 Å². The third kappa shape index (κ3) is 4.49. The number of aliphatic hydroxyl groups excluding tert-OH is 1. The van der Waals surface area contributed by atoms with Crippen molar-refractivity contribution >= 4 is 17.4 Å². The van der Waals surface area contributed by atoms with Crippen LogP contribution in [0.4, 0.5) is 25.0 Å². The van der Waals surface area contributed by atoms with Crippen molar-refractivity contribution in [2.45, 2.75) is 25.6 Å². The van der Waals surface area contributed by atoms with Gasteiger partial charge >= 0.3 is 12.6 Å². The summed E-state index contributed by atoms with van der Waals surface area (Å²) in [6.07, 6.45) is 0.515. The van der Waals surface area contributed by atoms with Crippen molar-refractivity contribution in [3.8, 4) is 5.75 Å². The first-order valence-electron chi connectivity index (χ1n) is 6.84. The van der Waals surface area contributed by atoms with E-state index >= 15 is 0 Å². The molecule has 1 atom stereocenters. The second-order valence-electron chi connectivity index (χ2n) is 4.99. The monoisotopic (exact) mass is 331 g/mol. The van der Waals surface area contributed by atoms with Crippen LogP contribution in [0, 0.1) is 10.1 Å². The molecule has 23 heavy (non-hydrogen) atoms. The Bertz CT molecular complexity index is 599. The van der Waals surface area contributed by atoms with E-state index in [2.05, 4.69) is 10.1 Å². The van der Waals surface area contributed by atoms with Crippen LogP contribution in [0.2, 0.25) is 0 Å². The Morgan fingerprint density at radius 3 is 2.87 bits per heavy atom. The van der Waals surface area contributed by atoms with Gasteiger partial charge in [-0.3, -0.25) is 10.1 Å². The van der Waals surface area contributed by atoms with Crippen molar-refractivity contribution in [3.05, 3.63) is 28.3 Å². The van der Waals surface area contributed by atoms with Crippen LogP contribution in [0.5, 0.6) is 5.75 Å². The number of halogens is 2. The van der Waals surface area contributed by atoms with Crippen LogP contribution in [-0.4, -0.2) is 46.8 Å². The van der Waals surface area contributed by atoms with Gasteiger partial charge in [0.15, 0.2) is 0 Å². The van der Waals surface area contributed by atoms with Gasteiger partial charge in [-0.25, -0.2) is 4.79 Å². The Morgan fingerprint density at radius 1 is 1.52 bits per heavy atom. The Hall–Kier alpha value is -2.49. The van der Waals surface area contributed by atoms with Gasteiger partial charge < -0.3 is 20.1 Å². The van der Waals surface area contributed by atoms with Gasteiger partial charge in [-0.05, 0) is 18.9 Å². The van der Waals surface area contributed by atoms with Gasteiger partial charge in [0.05, 0.1) is 16.7 Å². The highest BCUT2D eigenvalue weighted by molar-refractivity contribution is 5.91. The van der Waals surface area contributed by atoms with Crippen molar-refractivity contribution in [3.63, 3.8) is 0 Å². The number of nitrogens with one attached hydrogen (secondary N) is 1. The second kappa shape index (κ2) is 7.18. The largest absolute Gasteiger partial charge is 0.433 e. The number of nitro groups is 1. The fraction of sp³-hybridized carbons (Fsp3) is 0.462. The smallest absolute Gasteiger partial charge is 0.387 e. The Morgan fingerprint density at radius 2 is 2.26 bits per heavy atom. The number of ether oxygens (including phenoxy) is 1. The summed E-state index contributed by atoms with van der Waals surface area (Å²) in [6.45, 7) is -2.64. The molecule has 0 saturated carbocycles. The summed E-state index contributed by atoms with van der Waals surface area (Å²) in [5, 5.41) is 22.6. The molecule has 1 heterocycles. The lowest BCUT2D eigenvalue weighted by Crippen LogP contribution is -2.44. The average molecular weight is 331 g/mol. The average Bonchev–Trinajstić information content (AvgIpc) is 2.48. The third-order valence-electron chi connectivity index (χ3n) is 3.32. The van der Waals surface area contributed by atoms with Crippen LogP contribution in [0.15, 0.2) is 18.2 Å². The van der Waals surface area contributed by atoms with Crippen LogP contribution in [0.25, 0.3) is 0 Å². The number of rotatable bonds is 4. The molecule has 2 rings (SSSR count). The maximum Gasteiger partial charge on any atom is 0.387 e. The predicted octanol–water partition coefficient (Wildman–Crippen LogP) is 2.18. The van der Waals surface area contributed by atoms with Crippen LogP contribution < -0.4 is 10.1 Å². The summed E-state index contributed by atoms with van der Waals surface area (Å²) >= 11 is 0. The highest BCUT2D eigenvalue weighted by atomic mass is 19.3. The topological polar surface area (TPSA) is 105 Å². The van der Waals surface area contributed by atoms with Crippen LogP contribution in [-0.2, 0) is 0 Å². The molecule has 0 bridgehead atoms. The third-order valence-corrected chi connectivity index (χ3v) is 3.32. The van der Waals surface area contributed by atoms with Gasteiger partial charge in [0.25, 0.3) is 5.69 Å². The molecule has 0 aromatic heterocycles. The summed E-state index contributed by atoms with van der Waals surface area (Å²) in [7, 11) is 0. The Balaban J connectivity index is 2.19. The maximum absolute atomic E-state index is 12.4. The molecule has 2 N–H and O–H groups in total. The number of aliphatic hydroxyl groups is 1. The summed E-state index contributed by atoms with van der Waals surface area (Å²) in [4.78, 5) is 23.5. The summed E-state index contributed by atoms with van der Waals surface area (Å²) in [5.74, 6) is -0.378. The maximum atomic E-state index is 12.4. The van der Waals surface area contributed by atoms with Gasteiger partial charge in [0.2, 0.25) is 0 Å². The molecular formula is C13H15F2N3O5. The number of urea groups is 1. The zero-order valence-corrected chi connectivity index (χ0v) is 11.9. The molecule has 0 aliphatic carbocycles. The number of likely N-dealkylation sites (tertiary alicyclic amines) is 1. The minimum Gasteiger partial charge on any atom is -0.433 e. The van der Waals surface area contributed by atoms with Crippen molar-refractivity contribution < 1.29 is 28.3 Å². The van der Waals surface area contributed by atoms with Crippen molar-refractivity contribution in [2.24, 2.45) is 0 Å². The zero-order chi connectivity index (χ0) is 17.0. The number of nitrogens with zero attached hydrogens (tertiary/aromatic N) is 2. The van der Waals surface area contributed by atoms with E-state index < -0.39 is 23.7 Å². The van der Waals surface area contributed by atoms with E-state index in [4.69, 9.17) is 0 Å². The number of benzene rings is 1. The van der Waals surface area contributed by atoms with Crippen LogP contribution in [0.1, 0.15) is 12.8 Å². The van der Waals surface area contributed by atoms with Gasteiger partial charge in [0, 0.05) is 25.2 Å². The number of hydrogen-bond donors (Lipinski definition) is 2. The number of piperidine rings is 1. The highest BCUT2D eigenvalue weighted by Gasteiger charge is 2.24.